The number of carbonyl (C=O) groups excluding carboxylic acids is 1. The van der Waals surface area contributed by atoms with Crippen molar-refractivity contribution < 1.29 is 4.79 Å². The molecule has 1 unspecified atom stereocenters. The van der Waals surface area contributed by atoms with E-state index >= 15 is 0 Å². The van der Waals surface area contributed by atoms with Crippen LogP contribution in [-0.4, -0.2) is 36.0 Å². The van der Waals surface area contributed by atoms with Gasteiger partial charge >= 0.3 is 0 Å². The van der Waals surface area contributed by atoms with Crippen molar-refractivity contribution in [3.63, 3.8) is 0 Å². The number of piperazine rings is 1. The summed E-state index contributed by atoms with van der Waals surface area (Å²) >= 11 is 0. The van der Waals surface area contributed by atoms with Gasteiger partial charge < -0.3 is 10.2 Å². The van der Waals surface area contributed by atoms with E-state index in [9.17, 15) is 4.79 Å². The van der Waals surface area contributed by atoms with Gasteiger partial charge in [0, 0.05) is 31.1 Å². The highest BCUT2D eigenvalue weighted by Gasteiger charge is 2.54. The lowest BCUT2D eigenvalue weighted by Crippen LogP contribution is -2.69. The van der Waals surface area contributed by atoms with Crippen LogP contribution in [0.25, 0.3) is 0 Å². The zero-order chi connectivity index (χ0) is 9.87. The Morgan fingerprint density at radius 1 is 1.21 bits per heavy atom. The van der Waals surface area contributed by atoms with Crippen molar-refractivity contribution in [2.24, 2.45) is 17.8 Å². The molecule has 2 heterocycles. The molecule has 0 aromatic heterocycles. The highest BCUT2D eigenvalue weighted by Crippen LogP contribution is 2.48. The number of hydrogen-bond donors (Lipinski definition) is 1. The second-order valence-electron chi connectivity index (χ2n) is 5.19. The van der Waals surface area contributed by atoms with Crippen molar-refractivity contribution in [3.8, 4) is 0 Å². The highest BCUT2D eigenvalue weighted by molar-refractivity contribution is 5.83. The molecule has 14 heavy (non-hydrogen) atoms. The number of amides is 1. The van der Waals surface area contributed by atoms with Crippen LogP contribution in [0, 0.1) is 17.8 Å². The van der Waals surface area contributed by atoms with Crippen LogP contribution < -0.4 is 5.32 Å². The summed E-state index contributed by atoms with van der Waals surface area (Å²) in [5.74, 6) is 2.03. The minimum atomic E-state index is 0.346. The summed E-state index contributed by atoms with van der Waals surface area (Å²) in [6, 6.07) is 1.03. The van der Waals surface area contributed by atoms with Gasteiger partial charge in [-0.1, -0.05) is 13.8 Å². The predicted octanol–water partition coefficient (Wildman–Crippen LogP) is 0.461. The van der Waals surface area contributed by atoms with Gasteiger partial charge in [0.05, 0.1) is 0 Å². The third-order valence-corrected chi connectivity index (χ3v) is 4.45. The average Bonchev–Trinajstić information content (AvgIpc) is 2.75. The van der Waals surface area contributed by atoms with Crippen molar-refractivity contribution in [3.05, 3.63) is 0 Å². The third kappa shape index (κ3) is 0.991. The molecule has 1 saturated carbocycles. The van der Waals surface area contributed by atoms with E-state index < -0.39 is 0 Å². The zero-order valence-corrected chi connectivity index (χ0v) is 8.86. The molecule has 0 spiro atoms. The molecule has 1 aliphatic carbocycles. The number of hydrogen-bond acceptors (Lipinski definition) is 2. The molecular formula is C11H18N2O. The predicted molar refractivity (Wildman–Crippen MR) is 53.7 cm³/mol. The van der Waals surface area contributed by atoms with Crippen LogP contribution in [0.1, 0.15) is 20.3 Å². The van der Waals surface area contributed by atoms with Crippen molar-refractivity contribution in [2.75, 3.05) is 13.1 Å². The maximum Gasteiger partial charge on any atom is 0.226 e. The number of nitrogens with one attached hydrogen (secondary N) is 1. The molecule has 5 atom stereocenters. The first kappa shape index (κ1) is 8.72. The van der Waals surface area contributed by atoms with Crippen LogP contribution in [0.3, 0.4) is 0 Å². The lowest BCUT2D eigenvalue weighted by molar-refractivity contribution is -0.149. The Morgan fingerprint density at radius 2 is 1.79 bits per heavy atom. The van der Waals surface area contributed by atoms with Gasteiger partial charge in [-0.2, -0.15) is 0 Å². The molecule has 2 bridgehead atoms. The molecule has 3 rings (SSSR count). The summed E-state index contributed by atoms with van der Waals surface area (Å²) in [6.45, 7) is 6.41. The van der Waals surface area contributed by atoms with Crippen LogP contribution in [0.2, 0.25) is 0 Å². The van der Waals surface area contributed by atoms with E-state index in [0.29, 0.717) is 35.7 Å². The smallest absolute Gasteiger partial charge is 0.226 e. The largest absolute Gasteiger partial charge is 0.334 e. The number of rotatable bonds is 1. The van der Waals surface area contributed by atoms with Crippen molar-refractivity contribution in [2.45, 2.75) is 32.4 Å². The maximum atomic E-state index is 12.1. The van der Waals surface area contributed by atoms with Gasteiger partial charge in [-0.05, 0) is 18.3 Å². The number of carbonyl (C=O) groups is 1. The minimum absolute atomic E-state index is 0.346. The first-order valence-electron chi connectivity index (χ1n) is 5.73. The SMILES string of the molecule is C[C@@H]1C(C(=O)N2[C@@H]3CNC[C@H]2C3)[C@@H]1C. The summed E-state index contributed by atoms with van der Waals surface area (Å²) in [6.07, 6.45) is 1.23. The Bertz CT molecular complexity index is 256. The first-order chi connectivity index (χ1) is 6.70. The number of nitrogens with zero attached hydrogens (tertiary/aromatic N) is 1. The van der Waals surface area contributed by atoms with Crippen molar-refractivity contribution in [1.29, 1.82) is 0 Å². The fourth-order valence-electron chi connectivity index (χ4n) is 3.13. The van der Waals surface area contributed by atoms with Crippen LogP contribution in [0.5, 0.6) is 0 Å². The Balaban J connectivity index is 1.69. The minimum Gasteiger partial charge on any atom is -0.334 e. The zero-order valence-electron chi connectivity index (χ0n) is 8.86. The second kappa shape index (κ2) is 2.72. The quantitative estimate of drug-likeness (QED) is 0.658. The lowest BCUT2D eigenvalue weighted by Gasteiger charge is -2.53. The van der Waals surface area contributed by atoms with Gasteiger partial charge in [0.1, 0.15) is 0 Å². The van der Waals surface area contributed by atoms with E-state index in [2.05, 4.69) is 24.1 Å². The highest BCUT2D eigenvalue weighted by atomic mass is 16.2. The number of fused-ring (bicyclic) bond motifs is 2. The summed E-state index contributed by atoms with van der Waals surface area (Å²) in [4.78, 5) is 14.3. The second-order valence-corrected chi connectivity index (χ2v) is 5.19. The summed E-state index contributed by atoms with van der Waals surface area (Å²) in [7, 11) is 0. The monoisotopic (exact) mass is 194 g/mol. The van der Waals surface area contributed by atoms with Crippen LogP contribution >= 0.6 is 0 Å². The van der Waals surface area contributed by atoms with Gasteiger partial charge in [0.25, 0.3) is 0 Å². The Kier molecular flexibility index (Phi) is 1.69. The van der Waals surface area contributed by atoms with E-state index in [4.69, 9.17) is 0 Å². The summed E-state index contributed by atoms with van der Waals surface area (Å²) in [5.41, 5.74) is 0. The third-order valence-electron chi connectivity index (χ3n) is 4.45. The molecular weight excluding hydrogens is 176 g/mol. The van der Waals surface area contributed by atoms with E-state index in [1.54, 1.807) is 0 Å². The molecule has 3 aliphatic rings. The van der Waals surface area contributed by atoms with Gasteiger partial charge in [-0.3, -0.25) is 4.79 Å². The Hall–Kier alpha value is -0.570. The first-order valence-corrected chi connectivity index (χ1v) is 5.73. The molecule has 0 aromatic carbocycles. The summed E-state index contributed by atoms with van der Waals surface area (Å²) < 4.78 is 0. The molecule has 3 nitrogen and oxygen atoms in total. The van der Waals surface area contributed by atoms with Gasteiger partial charge in [-0.15, -0.1) is 0 Å². The average molecular weight is 194 g/mol. The van der Waals surface area contributed by atoms with Crippen LogP contribution in [0.4, 0.5) is 0 Å². The summed E-state index contributed by atoms with van der Waals surface area (Å²) in [5, 5.41) is 3.36. The topological polar surface area (TPSA) is 32.3 Å². The molecule has 0 radical (unpaired) electrons. The van der Waals surface area contributed by atoms with E-state index in [-0.39, 0.29) is 0 Å². The standard InChI is InChI=1S/C11H18N2O/c1-6-7(2)10(6)11(14)13-8-3-9(13)5-12-4-8/h6-10,12H,3-5H2,1-2H3/t6-,7+,8-,9+,10?. The normalized spacial score (nSPS) is 49.9. The fourth-order valence-corrected chi connectivity index (χ4v) is 3.13. The van der Waals surface area contributed by atoms with Crippen molar-refractivity contribution >= 4 is 5.91 Å². The van der Waals surface area contributed by atoms with Gasteiger partial charge in [0.2, 0.25) is 5.91 Å². The van der Waals surface area contributed by atoms with Gasteiger partial charge in [-0.25, -0.2) is 0 Å². The Labute approximate surface area is 84.8 Å². The maximum absolute atomic E-state index is 12.1. The molecule has 1 N–H and O–H groups in total. The Morgan fingerprint density at radius 3 is 2.21 bits per heavy atom. The van der Waals surface area contributed by atoms with Crippen LogP contribution in [-0.2, 0) is 4.79 Å². The molecule has 78 valence electrons. The molecule has 2 aliphatic heterocycles. The van der Waals surface area contributed by atoms with E-state index in [1.807, 2.05) is 0 Å². The van der Waals surface area contributed by atoms with E-state index in [1.165, 1.54) is 6.42 Å². The molecule has 0 aromatic rings. The lowest BCUT2D eigenvalue weighted by atomic mass is 9.88. The van der Waals surface area contributed by atoms with E-state index in [0.717, 1.165) is 13.1 Å². The van der Waals surface area contributed by atoms with Crippen LogP contribution in [0.15, 0.2) is 0 Å². The molecule has 1 amide bonds. The number of piperidine rings is 1. The fraction of sp³-hybridized carbons (Fsp3) is 0.909. The molecule has 2 saturated heterocycles. The molecule has 3 fully saturated rings. The molecule has 3 heteroatoms. The van der Waals surface area contributed by atoms with Crippen molar-refractivity contribution in [1.82, 2.24) is 10.2 Å². The van der Waals surface area contributed by atoms with Gasteiger partial charge in [0.15, 0.2) is 0 Å².